The third kappa shape index (κ3) is 2.19. The van der Waals surface area contributed by atoms with Crippen LogP contribution in [0.4, 0.5) is 5.69 Å². The summed E-state index contributed by atoms with van der Waals surface area (Å²) in [5, 5.41) is 9.92. The van der Waals surface area contributed by atoms with E-state index in [1.807, 2.05) is 13.8 Å². The molecule has 1 heterocycles. The number of aromatic nitrogens is 1. The first kappa shape index (κ1) is 11.8. The van der Waals surface area contributed by atoms with Crippen LogP contribution in [0.5, 0.6) is 0 Å². The lowest BCUT2D eigenvalue weighted by atomic mass is 10.1. The van der Waals surface area contributed by atoms with Gasteiger partial charge in [-0.2, -0.15) is 0 Å². The van der Waals surface area contributed by atoms with Gasteiger partial charge in [0.25, 0.3) is 0 Å². The van der Waals surface area contributed by atoms with Crippen molar-refractivity contribution in [2.75, 3.05) is 5.32 Å². The average Bonchev–Trinajstić information content (AvgIpc) is 2.76. The molecule has 0 saturated heterocycles. The van der Waals surface area contributed by atoms with Crippen LogP contribution in [0, 0.1) is 13.8 Å². The number of rotatable bonds is 3. The Kier molecular flexibility index (Phi) is 2.95. The first-order valence-electron chi connectivity index (χ1n) is 6.39. The fourth-order valence-corrected chi connectivity index (χ4v) is 2.32. The fraction of sp³-hybridized carbons (Fsp3) is 0.188. The van der Waals surface area contributed by atoms with Crippen LogP contribution in [-0.4, -0.2) is 5.16 Å². The molecule has 0 fully saturated rings. The Morgan fingerprint density at radius 3 is 2.63 bits per heavy atom. The van der Waals surface area contributed by atoms with E-state index in [9.17, 15) is 0 Å². The van der Waals surface area contributed by atoms with E-state index in [0.717, 1.165) is 29.2 Å². The van der Waals surface area contributed by atoms with E-state index < -0.39 is 0 Å². The van der Waals surface area contributed by atoms with Crippen molar-refractivity contribution in [2.45, 2.75) is 20.4 Å². The average molecular weight is 252 g/mol. The van der Waals surface area contributed by atoms with Gasteiger partial charge in [0.1, 0.15) is 5.76 Å². The summed E-state index contributed by atoms with van der Waals surface area (Å²) in [5.74, 6) is 0.880. The third-order valence-corrected chi connectivity index (χ3v) is 3.43. The molecule has 3 heteroatoms. The number of aryl methyl sites for hydroxylation is 2. The van der Waals surface area contributed by atoms with Crippen molar-refractivity contribution >= 4 is 16.5 Å². The molecule has 0 aliphatic carbocycles. The predicted molar refractivity (Wildman–Crippen MR) is 77.3 cm³/mol. The molecule has 0 spiro atoms. The Morgan fingerprint density at radius 1 is 1.05 bits per heavy atom. The van der Waals surface area contributed by atoms with Crippen molar-refractivity contribution in [2.24, 2.45) is 0 Å². The molecule has 2 aromatic carbocycles. The van der Waals surface area contributed by atoms with Crippen LogP contribution in [0.1, 0.15) is 17.0 Å². The van der Waals surface area contributed by atoms with Crippen LogP contribution < -0.4 is 5.32 Å². The number of hydrogen-bond acceptors (Lipinski definition) is 3. The Balaban J connectivity index is 1.90. The molecule has 3 nitrogen and oxygen atoms in total. The lowest BCUT2D eigenvalue weighted by Gasteiger charge is -2.09. The van der Waals surface area contributed by atoms with Gasteiger partial charge >= 0.3 is 0 Å². The fourth-order valence-electron chi connectivity index (χ4n) is 2.32. The number of fused-ring (bicyclic) bond motifs is 1. The van der Waals surface area contributed by atoms with Crippen LogP contribution in [0.15, 0.2) is 47.0 Å². The van der Waals surface area contributed by atoms with Crippen LogP contribution in [0.25, 0.3) is 10.8 Å². The van der Waals surface area contributed by atoms with Gasteiger partial charge in [0.15, 0.2) is 0 Å². The Labute approximate surface area is 112 Å². The minimum Gasteiger partial charge on any atom is -0.380 e. The lowest BCUT2D eigenvalue weighted by molar-refractivity contribution is 0.392. The molecule has 3 aromatic rings. The van der Waals surface area contributed by atoms with Crippen LogP contribution in [0.2, 0.25) is 0 Å². The van der Waals surface area contributed by atoms with E-state index >= 15 is 0 Å². The summed E-state index contributed by atoms with van der Waals surface area (Å²) in [5.41, 5.74) is 3.22. The van der Waals surface area contributed by atoms with Crippen molar-refractivity contribution < 1.29 is 4.52 Å². The normalized spacial score (nSPS) is 10.8. The van der Waals surface area contributed by atoms with E-state index in [2.05, 4.69) is 52.9 Å². The van der Waals surface area contributed by atoms with Crippen LogP contribution in [0.3, 0.4) is 0 Å². The highest BCUT2D eigenvalue weighted by Gasteiger charge is 2.08. The standard InChI is InChI=1S/C16H16N2O/c1-11-15(12(2)19-18-11)10-17-16-9-5-7-13-6-3-4-8-14(13)16/h3-9,17H,10H2,1-2H3. The molecule has 0 atom stereocenters. The highest BCUT2D eigenvalue weighted by Crippen LogP contribution is 2.24. The van der Waals surface area contributed by atoms with Crippen molar-refractivity contribution in [3.63, 3.8) is 0 Å². The van der Waals surface area contributed by atoms with Gasteiger partial charge in [-0.3, -0.25) is 0 Å². The first-order valence-corrected chi connectivity index (χ1v) is 6.39. The molecule has 1 N–H and O–H groups in total. The summed E-state index contributed by atoms with van der Waals surface area (Å²) in [7, 11) is 0. The zero-order valence-corrected chi connectivity index (χ0v) is 11.1. The van der Waals surface area contributed by atoms with Gasteiger partial charge in [-0.25, -0.2) is 0 Å². The molecule has 0 saturated carbocycles. The van der Waals surface area contributed by atoms with Gasteiger partial charge in [0.2, 0.25) is 0 Å². The highest BCUT2D eigenvalue weighted by molar-refractivity contribution is 5.93. The molecule has 19 heavy (non-hydrogen) atoms. The molecule has 0 bridgehead atoms. The zero-order valence-electron chi connectivity index (χ0n) is 11.1. The summed E-state index contributed by atoms with van der Waals surface area (Å²) in [4.78, 5) is 0. The van der Waals surface area contributed by atoms with Gasteiger partial charge in [0, 0.05) is 23.2 Å². The second kappa shape index (κ2) is 4.76. The predicted octanol–water partition coefficient (Wildman–Crippen LogP) is 4.06. The monoisotopic (exact) mass is 252 g/mol. The minimum atomic E-state index is 0.731. The van der Waals surface area contributed by atoms with Gasteiger partial charge in [-0.05, 0) is 25.3 Å². The maximum atomic E-state index is 5.18. The van der Waals surface area contributed by atoms with Gasteiger partial charge in [-0.15, -0.1) is 0 Å². The number of hydrogen-bond donors (Lipinski definition) is 1. The molecule has 0 unspecified atom stereocenters. The van der Waals surface area contributed by atoms with E-state index in [1.54, 1.807) is 0 Å². The Morgan fingerprint density at radius 2 is 1.84 bits per heavy atom. The van der Waals surface area contributed by atoms with E-state index in [0.29, 0.717) is 0 Å². The number of benzene rings is 2. The molecule has 0 aliphatic heterocycles. The number of anilines is 1. The van der Waals surface area contributed by atoms with E-state index in [1.165, 1.54) is 10.8 Å². The molecular formula is C16H16N2O. The van der Waals surface area contributed by atoms with Crippen molar-refractivity contribution in [1.29, 1.82) is 0 Å². The maximum absolute atomic E-state index is 5.18. The van der Waals surface area contributed by atoms with Crippen molar-refractivity contribution in [3.8, 4) is 0 Å². The van der Waals surface area contributed by atoms with E-state index in [-0.39, 0.29) is 0 Å². The van der Waals surface area contributed by atoms with Gasteiger partial charge in [-0.1, -0.05) is 41.6 Å². The second-order valence-electron chi connectivity index (χ2n) is 4.68. The number of nitrogens with one attached hydrogen (secondary N) is 1. The third-order valence-electron chi connectivity index (χ3n) is 3.43. The summed E-state index contributed by atoms with van der Waals surface area (Å²) in [6.45, 7) is 4.64. The highest BCUT2D eigenvalue weighted by atomic mass is 16.5. The summed E-state index contributed by atoms with van der Waals surface area (Å²) < 4.78 is 5.18. The Hall–Kier alpha value is -2.29. The van der Waals surface area contributed by atoms with Crippen LogP contribution in [-0.2, 0) is 6.54 Å². The second-order valence-corrected chi connectivity index (χ2v) is 4.68. The molecule has 3 rings (SSSR count). The molecule has 1 aromatic heterocycles. The quantitative estimate of drug-likeness (QED) is 0.764. The van der Waals surface area contributed by atoms with E-state index in [4.69, 9.17) is 4.52 Å². The zero-order chi connectivity index (χ0) is 13.2. The van der Waals surface area contributed by atoms with Gasteiger partial charge < -0.3 is 9.84 Å². The van der Waals surface area contributed by atoms with Gasteiger partial charge in [0.05, 0.1) is 5.69 Å². The van der Waals surface area contributed by atoms with Crippen molar-refractivity contribution in [1.82, 2.24) is 5.16 Å². The largest absolute Gasteiger partial charge is 0.380 e. The maximum Gasteiger partial charge on any atom is 0.138 e. The smallest absolute Gasteiger partial charge is 0.138 e. The molecule has 0 aliphatic rings. The molecule has 0 amide bonds. The first-order chi connectivity index (χ1) is 9.25. The topological polar surface area (TPSA) is 38.1 Å². The molecular weight excluding hydrogens is 236 g/mol. The Bertz CT molecular complexity index is 691. The summed E-state index contributed by atoms with van der Waals surface area (Å²) in [6.07, 6.45) is 0. The minimum absolute atomic E-state index is 0.731. The lowest BCUT2D eigenvalue weighted by Crippen LogP contribution is -2.01. The molecule has 96 valence electrons. The SMILES string of the molecule is Cc1noc(C)c1CNc1cccc2ccccc12. The number of nitrogens with zero attached hydrogens (tertiary/aromatic N) is 1. The van der Waals surface area contributed by atoms with Crippen LogP contribution >= 0.6 is 0 Å². The summed E-state index contributed by atoms with van der Waals surface area (Å²) in [6, 6.07) is 14.7. The summed E-state index contributed by atoms with van der Waals surface area (Å²) >= 11 is 0. The van der Waals surface area contributed by atoms with Crippen molar-refractivity contribution in [3.05, 3.63) is 59.5 Å². The molecule has 0 radical (unpaired) electrons.